The van der Waals surface area contributed by atoms with Crippen LogP contribution in [-0.2, 0) is 10.0 Å². The Morgan fingerprint density at radius 1 is 1.67 bits per heavy atom. The second kappa shape index (κ2) is 2.98. The van der Waals surface area contributed by atoms with Crippen LogP contribution in [0.5, 0.6) is 0 Å². The third kappa shape index (κ3) is 2.62. The fraction of sp³-hybridized carbons (Fsp3) is 0.600. The standard InChI is InChI=1S/C5H11NO2S/c1-4-6-9(7,8)5(2)3/h6H,2,4H2,1,3H3. The van der Waals surface area contributed by atoms with E-state index in [0.29, 0.717) is 6.54 Å². The summed E-state index contributed by atoms with van der Waals surface area (Å²) in [6.45, 7) is 6.89. The highest BCUT2D eigenvalue weighted by Crippen LogP contribution is 1.96. The van der Waals surface area contributed by atoms with Crippen LogP contribution in [0.3, 0.4) is 0 Å². The average Bonchev–Trinajstić information content (AvgIpc) is 1.65. The summed E-state index contributed by atoms with van der Waals surface area (Å²) < 4.78 is 23.7. The number of nitrogens with one attached hydrogen (secondary N) is 1. The fourth-order valence-corrected chi connectivity index (χ4v) is 0.940. The number of rotatable bonds is 3. The van der Waals surface area contributed by atoms with Crippen molar-refractivity contribution in [2.45, 2.75) is 13.8 Å². The van der Waals surface area contributed by atoms with Crippen molar-refractivity contribution in [1.82, 2.24) is 4.72 Å². The molecular weight excluding hydrogens is 138 g/mol. The van der Waals surface area contributed by atoms with Gasteiger partial charge >= 0.3 is 0 Å². The van der Waals surface area contributed by atoms with Crippen molar-refractivity contribution in [3.8, 4) is 0 Å². The van der Waals surface area contributed by atoms with E-state index >= 15 is 0 Å². The van der Waals surface area contributed by atoms with Gasteiger partial charge in [0.05, 0.1) is 0 Å². The molecule has 9 heavy (non-hydrogen) atoms. The molecule has 0 aromatic rings. The highest BCUT2D eigenvalue weighted by Gasteiger charge is 2.06. The quantitative estimate of drug-likeness (QED) is 0.633. The molecule has 0 saturated carbocycles. The first-order valence-electron chi connectivity index (χ1n) is 2.66. The largest absolute Gasteiger partial charge is 0.235 e. The maximum Gasteiger partial charge on any atom is 0.235 e. The monoisotopic (exact) mass is 149 g/mol. The summed E-state index contributed by atoms with van der Waals surface area (Å²) in [4.78, 5) is 0.157. The van der Waals surface area contributed by atoms with Gasteiger partial charge in [0.1, 0.15) is 0 Å². The lowest BCUT2D eigenvalue weighted by Gasteiger charge is -2.00. The maximum atomic E-state index is 10.7. The van der Waals surface area contributed by atoms with Crippen molar-refractivity contribution in [2.24, 2.45) is 0 Å². The van der Waals surface area contributed by atoms with Gasteiger partial charge in [-0.3, -0.25) is 0 Å². The third-order valence-corrected chi connectivity index (χ3v) is 2.38. The van der Waals surface area contributed by atoms with Crippen LogP contribution in [0.2, 0.25) is 0 Å². The molecule has 0 unspecified atom stereocenters. The molecule has 54 valence electrons. The van der Waals surface area contributed by atoms with E-state index in [4.69, 9.17) is 0 Å². The Bertz CT molecular complexity index is 193. The summed E-state index contributed by atoms with van der Waals surface area (Å²) in [6, 6.07) is 0. The van der Waals surface area contributed by atoms with Crippen LogP contribution in [0.15, 0.2) is 11.5 Å². The minimum Gasteiger partial charge on any atom is -0.212 e. The lowest BCUT2D eigenvalue weighted by atomic mass is 10.8. The van der Waals surface area contributed by atoms with Gasteiger partial charge in [0.25, 0.3) is 0 Å². The summed E-state index contributed by atoms with van der Waals surface area (Å²) in [5, 5.41) is 0. The molecule has 0 saturated heterocycles. The van der Waals surface area contributed by atoms with E-state index in [1.807, 2.05) is 0 Å². The Morgan fingerprint density at radius 3 is 2.22 bits per heavy atom. The van der Waals surface area contributed by atoms with Gasteiger partial charge in [-0.1, -0.05) is 13.5 Å². The van der Waals surface area contributed by atoms with E-state index < -0.39 is 10.0 Å². The smallest absolute Gasteiger partial charge is 0.212 e. The van der Waals surface area contributed by atoms with Crippen LogP contribution in [0.4, 0.5) is 0 Å². The highest BCUT2D eigenvalue weighted by molar-refractivity contribution is 7.93. The van der Waals surface area contributed by atoms with Gasteiger partial charge in [-0.25, -0.2) is 13.1 Å². The Hall–Kier alpha value is -0.350. The molecule has 4 heteroatoms. The lowest BCUT2D eigenvalue weighted by molar-refractivity contribution is 0.590. The molecule has 0 aromatic heterocycles. The molecule has 1 N–H and O–H groups in total. The second-order valence-corrected chi connectivity index (χ2v) is 3.70. The van der Waals surface area contributed by atoms with E-state index in [9.17, 15) is 8.42 Å². The maximum absolute atomic E-state index is 10.7. The minimum absolute atomic E-state index is 0.157. The number of allylic oxidation sites excluding steroid dienone is 1. The molecule has 0 rings (SSSR count). The van der Waals surface area contributed by atoms with Crippen LogP contribution in [0.1, 0.15) is 13.8 Å². The van der Waals surface area contributed by atoms with Gasteiger partial charge in [-0.15, -0.1) is 0 Å². The average molecular weight is 149 g/mol. The first-order valence-corrected chi connectivity index (χ1v) is 4.14. The molecule has 0 amide bonds. The Labute approximate surface area is 55.8 Å². The van der Waals surface area contributed by atoms with E-state index in [1.165, 1.54) is 6.92 Å². The summed E-state index contributed by atoms with van der Waals surface area (Å²) in [5.74, 6) is 0. The van der Waals surface area contributed by atoms with E-state index in [-0.39, 0.29) is 4.91 Å². The van der Waals surface area contributed by atoms with Crippen molar-refractivity contribution in [3.63, 3.8) is 0 Å². The molecule has 0 spiro atoms. The molecule has 3 nitrogen and oxygen atoms in total. The van der Waals surface area contributed by atoms with Crippen molar-refractivity contribution >= 4 is 10.0 Å². The molecule has 0 fully saturated rings. The molecule has 0 heterocycles. The fourth-order valence-electron chi connectivity index (χ4n) is 0.313. The van der Waals surface area contributed by atoms with Crippen molar-refractivity contribution in [3.05, 3.63) is 11.5 Å². The van der Waals surface area contributed by atoms with Crippen LogP contribution < -0.4 is 4.72 Å². The number of sulfonamides is 1. The first kappa shape index (κ1) is 8.65. The molecule has 0 radical (unpaired) electrons. The molecule has 0 aromatic carbocycles. The topological polar surface area (TPSA) is 46.2 Å². The van der Waals surface area contributed by atoms with Gasteiger partial charge in [0.15, 0.2) is 0 Å². The minimum atomic E-state index is -3.19. The predicted octanol–water partition coefficient (Wildman–Crippen LogP) is 0.459. The number of hydrogen-bond acceptors (Lipinski definition) is 2. The zero-order valence-electron chi connectivity index (χ0n) is 5.64. The summed E-state index contributed by atoms with van der Waals surface area (Å²) >= 11 is 0. The molecule has 0 aliphatic heterocycles. The van der Waals surface area contributed by atoms with Gasteiger partial charge in [0, 0.05) is 11.4 Å². The van der Waals surface area contributed by atoms with Gasteiger partial charge in [-0.2, -0.15) is 0 Å². The lowest BCUT2D eigenvalue weighted by Crippen LogP contribution is -2.22. The Balaban J connectivity index is 4.23. The molecule has 0 aliphatic carbocycles. The van der Waals surface area contributed by atoms with Crippen LogP contribution in [0, 0.1) is 0 Å². The van der Waals surface area contributed by atoms with E-state index in [1.54, 1.807) is 6.92 Å². The van der Waals surface area contributed by atoms with Crippen LogP contribution >= 0.6 is 0 Å². The zero-order chi connectivity index (χ0) is 7.49. The number of hydrogen-bond donors (Lipinski definition) is 1. The first-order chi connectivity index (χ1) is 4.00. The van der Waals surface area contributed by atoms with Crippen molar-refractivity contribution in [1.29, 1.82) is 0 Å². The Kier molecular flexibility index (Phi) is 2.87. The van der Waals surface area contributed by atoms with Crippen molar-refractivity contribution < 1.29 is 8.42 Å². The molecule has 0 atom stereocenters. The summed E-state index contributed by atoms with van der Waals surface area (Å²) in [5.41, 5.74) is 0. The van der Waals surface area contributed by atoms with E-state index in [2.05, 4.69) is 11.3 Å². The second-order valence-electron chi connectivity index (χ2n) is 1.70. The van der Waals surface area contributed by atoms with Gasteiger partial charge in [0.2, 0.25) is 10.0 Å². The summed E-state index contributed by atoms with van der Waals surface area (Å²) in [7, 11) is -3.19. The van der Waals surface area contributed by atoms with Crippen LogP contribution in [-0.4, -0.2) is 15.0 Å². The predicted molar refractivity (Wildman–Crippen MR) is 37.4 cm³/mol. The SMILES string of the molecule is C=C(C)S(=O)(=O)NCC. The van der Waals surface area contributed by atoms with E-state index in [0.717, 1.165) is 0 Å². The van der Waals surface area contributed by atoms with Gasteiger partial charge < -0.3 is 0 Å². The highest BCUT2D eigenvalue weighted by atomic mass is 32.2. The van der Waals surface area contributed by atoms with Gasteiger partial charge in [-0.05, 0) is 6.92 Å². The molecule has 0 bridgehead atoms. The van der Waals surface area contributed by atoms with Crippen molar-refractivity contribution in [2.75, 3.05) is 6.54 Å². The van der Waals surface area contributed by atoms with Crippen LogP contribution in [0.25, 0.3) is 0 Å². The molecule has 0 aliphatic rings. The zero-order valence-corrected chi connectivity index (χ0v) is 6.46. The molecular formula is C5H11NO2S. The summed E-state index contributed by atoms with van der Waals surface area (Å²) in [6.07, 6.45) is 0. The Morgan fingerprint density at radius 2 is 2.11 bits per heavy atom. The normalized spacial score (nSPS) is 11.3. The third-order valence-electron chi connectivity index (χ3n) is 0.793.